The van der Waals surface area contributed by atoms with E-state index < -0.39 is 0 Å². The molecular weight excluding hydrogens is 242 g/mol. The fourth-order valence-corrected chi connectivity index (χ4v) is 3.57. The third kappa shape index (κ3) is 2.87. The van der Waals surface area contributed by atoms with Crippen LogP contribution in [-0.2, 0) is 4.74 Å². The van der Waals surface area contributed by atoms with Crippen molar-refractivity contribution in [2.24, 2.45) is 10.9 Å². The van der Waals surface area contributed by atoms with Crippen LogP contribution in [0.25, 0.3) is 0 Å². The van der Waals surface area contributed by atoms with Gasteiger partial charge in [-0.05, 0) is 44.9 Å². The van der Waals surface area contributed by atoms with Crippen molar-refractivity contribution in [3.63, 3.8) is 0 Å². The van der Waals surface area contributed by atoms with Crippen LogP contribution in [0, 0.1) is 0 Å². The Balaban J connectivity index is 1.59. The van der Waals surface area contributed by atoms with E-state index in [1.54, 1.807) is 0 Å². The minimum absolute atomic E-state index is 0.201. The quantitative estimate of drug-likeness (QED) is 0.344. The van der Waals surface area contributed by atoms with Gasteiger partial charge in [-0.15, -0.1) is 0 Å². The second-order valence-electron chi connectivity index (χ2n) is 6.34. The van der Waals surface area contributed by atoms with Crippen molar-refractivity contribution in [1.29, 1.82) is 0 Å². The van der Waals surface area contributed by atoms with E-state index in [0.29, 0.717) is 18.3 Å². The molecule has 0 aromatic rings. The van der Waals surface area contributed by atoms with E-state index in [-0.39, 0.29) is 5.60 Å². The number of hydrogen-bond acceptors (Lipinski definition) is 4. The lowest BCUT2D eigenvalue weighted by Gasteiger charge is -2.49. The molecular formula is C14H25N3O2. The van der Waals surface area contributed by atoms with Gasteiger partial charge in [-0.3, -0.25) is 4.90 Å². The molecule has 0 aromatic carbocycles. The number of amidine groups is 1. The summed E-state index contributed by atoms with van der Waals surface area (Å²) in [4.78, 5) is 2.60. The molecule has 0 radical (unpaired) electrons. The standard InChI is InChI=1S/C14H25N3O2/c15-13(16-18)4-8-17(11-2-3-11)12-5-9-19-14(10-12)6-1-7-14/h11-12,18H,1-10H2,(H2,15,16). The summed E-state index contributed by atoms with van der Waals surface area (Å²) in [5, 5.41) is 11.8. The Hall–Kier alpha value is -0.810. The van der Waals surface area contributed by atoms with Crippen LogP contribution < -0.4 is 5.73 Å². The molecule has 1 saturated heterocycles. The zero-order chi connectivity index (χ0) is 13.3. The molecule has 1 heterocycles. The monoisotopic (exact) mass is 267 g/mol. The van der Waals surface area contributed by atoms with E-state index in [9.17, 15) is 0 Å². The van der Waals surface area contributed by atoms with Crippen molar-refractivity contribution in [3.05, 3.63) is 0 Å². The molecule has 2 aliphatic carbocycles. The molecule has 108 valence electrons. The van der Waals surface area contributed by atoms with Gasteiger partial charge in [0.25, 0.3) is 0 Å². The van der Waals surface area contributed by atoms with Gasteiger partial charge in [-0.2, -0.15) is 0 Å². The number of rotatable bonds is 5. The molecule has 1 unspecified atom stereocenters. The number of oxime groups is 1. The lowest BCUT2D eigenvalue weighted by molar-refractivity contribution is -0.149. The van der Waals surface area contributed by atoms with Gasteiger partial charge in [0.1, 0.15) is 5.84 Å². The molecule has 2 saturated carbocycles. The molecule has 3 fully saturated rings. The number of hydrogen-bond donors (Lipinski definition) is 2. The van der Waals surface area contributed by atoms with Crippen molar-refractivity contribution in [2.75, 3.05) is 13.2 Å². The number of ether oxygens (including phenoxy) is 1. The van der Waals surface area contributed by atoms with Crippen LogP contribution in [0.2, 0.25) is 0 Å². The van der Waals surface area contributed by atoms with Gasteiger partial charge in [0.2, 0.25) is 0 Å². The van der Waals surface area contributed by atoms with Crippen molar-refractivity contribution in [3.8, 4) is 0 Å². The van der Waals surface area contributed by atoms with Crippen LogP contribution in [0.4, 0.5) is 0 Å². The van der Waals surface area contributed by atoms with E-state index in [2.05, 4.69) is 10.1 Å². The summed E-state index contributed by atoms with van der Waals surface area (Å²) in [6, 6.07) is 1.36. The summed E-state index contributed by atoms with van der Waals surface area (Å²) >= 11 is 0. The Labute approximate surface area is 114 Å². The highest BCUT2D eigenvalue weighted by molar-refractivity contribution is 5.79. The first-order valence-corrected chi connectivity index (χ1v) is 7.58. The van der Waals surface area contributed by atoms with Gasteiger partial charge in [-0.25, -0.2) is 0 Å². The van der Waals surface area contributed by atoms with E-state index in [0.717, 1.165) is 25.6 Å². The molecule has 3 rings (SSSR count). The molecule has 0 amide bonds. The summed E-state index contributed by atoms with van der Waals surface area (Å²) in [5.74, 6) is 0.344. The van der Waals surface area contributed by atoms with Gasteiger partial charge in [0, 0.05) is 31.7 Å². The van der Waals surface area contributed by atoms with E-state index in [1.807, 2.05) is 0 Å². The predicted molar refractivity (Wildman–Crippen MR) is 73.3 cm³/mol. The Morgan fingerprint density at radius 1 is 1.32 bits per heavy atom. The topological polar surface area (TPSA) is 71.1 Å². The van der Waals surface area contributed by atoms with Crippen LogP contribution in [0.3, 0.4) is 0 Å². The van der Waals surface area contributed by atoms with Gasteiger partial charge >= 0.3 is 0 Å². The molecule has 5 heteroatoms. The zero-order valence-electron chi connectivity index (χ0n) is 11.6. The van der Waals surface area contributed by atoms with Gasteiger partial charge in [-0.1, -0.05) is 5.16 Å². The van der Waals surface area contributed by atoms with Gasteiger partial charge in [0.05, 0.1) is 5.60 Å². The van der Waals surface area contributed by atoms with Crippen LogP contribution in [-0.4, -0.2) is 46.8 Å². The van der Waals surface area contributed by atoms with Gasteiger partial charge < -0.3 is 15.7 Å². The SMILES string of the molecule is NC(CCN(C1CC1)C1CCOC2(CCC2)C1)=NO. The average molecular weight is 267 g/mol. The van der Waals surface area contributed by atoms with Crippen molar-refractivity contribution >= 4 is 5.84 Å². The number of nitrogens with two attached hydrogens (primary N) is 1. The molecule has 0 aromatic heterocycles. The minimum Gasteiger partial charge on any atom is -0.409 e. The maximum absolute atomic E-state index is 8.67. The average Bonchev–Trinajstić information content (AvgIpc) is 3.22. The molecule has 19 heavy (non-hydrogen) atoms. The molecule has 1 atom stereocenters. The Morgan fingerprint density at radius 2 is 2.11 bits per heavy atom. The summed E-state index contributed by atoms with van der Waals surface area (Å²) in [6.45, 7) is 1.82. The molecule has 1 spiro atoms. The molecule has 5 nitrogen and oxygen atoms in total. The highest BCUT2D eigenvalue weighted by atomic mass is 16.5. The first-order valence-electron chi connectivity index (χ1n) is 7.58. The smallest absolute Gasteiger partial charge is 0.140 e. The fourth-order valence-electron chi connectivity index (χ4n) is 3.57. The molecule has 0 bridgehead atoms. The third-order valence-electron chi connectivity index (χ3n) is 4.97. The number of nitrogens with zero attached hydrogens (tertiary/aromatic N) is 2. The zero-order valence-corrected chi connectivity index (χ0v) is 11.6. The Bertz CT molecular complexity index is 351. The predicted octanol–water partition coefficient (Wildman–Crippen LogP) is 1.69. The van der Waals surface area contributed by atoms with Crippen LogP contribution in [0.1, 0.15) is 51.4 Å². The summed E-state index contributed by atoms with van der Waals surface area (Å²) < 4.78 is 6.01. The summed E-state index contributed by atoms with van der Waals surface area (Å²) in [6.07, 6.45) is 9.39. The maximum atomic E-state index is 8.67. The summed E-state index contributed by atoms with van der Waals surface area (Å²) in [7, 11) is 0. The van der Waals surface area contributed by atoms with Crippen LogP contribution >= 0.6 is 0 Å². The first kappa shape index (κ1) is 13.2. The fraction of sp³-hybridized carbons (Fsp3) is 0.929. The molecule has 3 N–H and O–H groups in total. The third-order valence-corrected chi connectivity index (χ3v) is 4.97. The van der Waals surface area contributed by atoms with Crippen molar-refractivity contribution < 1.29 is 9.94 Å². The first-order chi connectivity index (χ1) is 9.22. The van der Waals surface area contributed by atoms with Crippen molar-refractivity contribution in [2.45, 2.75) is 69.1 Å². The Morgan fingerprint density at radius 3 is 2.68 bits per heavy atom. The normalized spacial score (nSPS) is 30.6. The minimum atomic E-state index is 0.201. The largest absolute Gasteiger partial charge is 0.409 e. The van der Waals surface area contributed by atoms with Crippen LogP contribution in [0.5, 0.6) is 0 Å². The Kier molecular flexibility index (Phi) is 3.67. The highest BCUT2D eigenvalue weighted by Crippen LogP contribution is 2.44. The lowest BCUT2D eigenvalue weighted by atomic mass is 9.73. The highest BCUT2D eigenvalue weighted by Gasteiger charge is 2.45. The van der Waals surface area contributed by atoms with Crippen molar-refractivity contribution in [1.82, 2.24) is 4.90 Å². The molecule has 3 aliphatic rings. The second-order valence-corrected chi connectivity index (χ2v) is 6.34. The van der Waals surface area contributed by atoms with E-state index >= 15 is 0 Å². The van der Waals surface area contributed by atoms with E-state index in [1.165, 1.54) is 38.5 Å². The summed E-state index contributed by atoms with van der Waals surface area (Å²) in [5.41, 5.74) is 5.81. The van der Waals surface area contributed by atoms with E-state index in [4.69, 9.17) is 15.7 Å². The second kappa shape index (κ2) is 5.29. The van der Waals surface area contributed by atoms with Gasteiger partial charge in [0.15, 0.2) is 0 Å². The molecule has 1 aliphatic heterocycles. The van der Waals surface area contributed by atoms with Crippen LogP contribution in [0.15, 0.2) is 5.16 Å². The lowest BCUT2D eigenvalue weighted by Crippen LogP contribution is -2.53. The maximum Gasteiger partial charge on any atom is 0.140 e.